The van der Waals surface area contributed by atoms with E-state index in [0.29, 0.717) is 5.52 Å². The Labute approximate surface area is 93.4 Å². The van der Waals surface area contributed by atoms with Crippen molar-refractivity contribution in [3.05, 3.63) is 24.3 Å². The molecular formula is C9H4ClNO3S. The lowest BCUT2D eigenvalue weighted by molar-refractivity contribution is -0.143. The van der Waals surface area contributed by atoms with Crippen LogP contribution in [0.4, 0.5) is 0 Å². The van der Waals surface area contributed by atoms with Gasteiger partial charge in [0.05, 0.1) is 10.2 Å². The number of thiazole rings is 1. The number of carbonyl (C=O) groups excluding carboxylic acids is 2. The van der Waals surface area contributed by atoms with Crippen molar-refractivity contribution in [1.29, 1.82) is 0 Å². The van der Waals surface area contributed by atoms with Gasteiger partial charge in [-0.25, -0.2) is 9.78 Å². The largest absolute Gasteiger partial charge is 0.398 e. The first-order valence-electron chi connectivity index (χ1n) is 3.94. The van der Waals surface area contributed by atoms with Crippen LogP contribution >= 0.6 is 22.9 Å². The third kappa shape index (κ3) is 2.14. The molecule has 0 aliphatic carbocycles. The second-order valence-corrected chi connectivity index (χ2v) is 3.95. The maximum Gasteiger partial charge on any atom is 0.398 e. The van der Waals surface area contributed by atoms with E-state index in [4.69, 9.17) is 11.6 Å². The summed E-state index contributed by atoms with van der Waals surface area (Å²) in [6.45, 7) is 0. The second-order valence-electron chi connectivity index (χ2n) is 2.61. The maximum absolute atomic E-state index is 10.9. The van der Waals surface area contributed by atoms with Gasteiger partial charge in [-0.2, -0.15) is 0 Å². The van der Waals surface area contributed by atoms with Crippen LogP contribution in [0.1, 0.15) is 0 Å². The van der Waals surface area contributed by atoms with Gasteiger partial charge in [0.2, 0.25) is 0 Å². The zero-order valence-corrected chi connectivity index (χ0v) is 8.84. The van der Waals surface area contributed by atoms with Crippen LogP contribution in [0.2, 0.25) is 0 Å². The highest BCUT2D eigenvalue weighted by molar-refractivity contribution is 7.20. The molecule has 0 atom stereocenters. The van der Waals surface area contributed by atoms with Crippen LogP contribution in [-0.4, -0.2) is 16.2 Å². The van der Waals surface area contributed by atoms with Crippen LogP contribution in [0.15, 0.2) is 24.3 Å². The Morgan fingerprint density at radius 3 is 2.73 bits per heavy atom. The Balaban J connectivity index is 2.30. The molecule has 0 amide bonds. The molecule has 15 heavy (non-hydrogen) atoms. The van der Waals surface area contributed by atoms with Gasteiger partial charge in [-0.15, -0.1) is 0 Å². The molecule has 0 fully saturated rings. The fourth-order valence-corrected chi connectivity index (χ4v) is 1.87. The fourth-order valence-electron chi connectivity index (χ4n) is 1.01. The van der Waals surface area contributed by atoms with Crippen LogP contribution in [0.25, 0.3) is 10.2 Å². The number of halogens is 1. The topological polar surface area (TPSA) is 56.3 Å². The number of aromatic nitrogens is 1. The van der Waals surface area contributed by atoms with Gasteiger partial charge < -0.3 is 4.74 Å². The molecule has 0 N–H and O–H groups in total. The minimum Gasteiger partial charge on any atom is -0.391 e. The second kappa shape index (κ2) is 3.96. The number of hydrogen-bond donors (Lipinski definition) is 0. The van der Waals surface area contributed by atoms with Gasteiger partial charge in [0.1, 0.15) is 0 Å². The Hall–Kier alpha value is -1.46. The minimum absolute atomic E-state index is 0.121. The number of rotatable bonds is 2. The van der Waals surface area contributed by atoms with Gasteiger partial charge >= 0.3 is 11.2 Å². The van der Waals surface area contributed by atoms with Crippen molar-refractivity contribution < 1.29 is 14.3 Å². The summed E-state index contributed by atoms with van der Waals surface area (Å²) in [6, 6.07) is 7.29. The summed E-state index contributed by atoms with van der Waals surface area (Å²) in [5.74, 6) is -1.12. The maximum atomic E-state index is 10.9. The summed E-state index contributed by atoms with van der Waals surface area (Å²) in [5.41, 5.74) is 0.715. The monoisotopic (exact) mass is 241 g/mol. The zero-order chi connectivity index (χ0) is 10.8. The standard InChI is InChI=1S/C9H4ClNO3S/c10-7(12)8(13)14-9-11-5-3-1-2-4-6(5)15-9/h1-4H. The Kier molecular flexibility index (Phi) is 2.66. The smallest absolute Gasteiger partial charge is 0.391 e. The van der Waals surface area contributed by atoms with Crippen molar-refractivity contribution in [3.63, 3.8) is 0 Å². The molecule has 1 aromatic carbocycles. The summed E-state index contributed by atoms with van der Waals surface area (Å²) in [5, 5.41) is -1.04. The molecule has 2 rings (SSSR count). The minimum atomic E-state index is -1.16. The molecule has 1 heterocycles. The number of para-hydroxylation sites is 1. The fraction of sp³-hybridized carbons (Fsp3) is 0. The number of esters is 1. The highest BCUT2D eigenvalue weighted by Gasteiger charge is 2.15. The van der Waals surface area contributed by atoms with Gasteiger partial charge in [0.25, 0.3) is 5.19 Å². The molecule has 0 radical (unpaired) electrons. The summed E-state index contributed by atoms with van der Waals surface area (Å²) in [4.78, 5) is 25.3. The number of hydrogen-bond acceptors (Lipinski definition) is 5. The number of carbonyl (C=O) groups is 2. The molecule has 0 aliphatic heterocycles. The third-order valence-electron chi connectivity index (χ3n) is 1.61. The van der Waals surface area contributed by atoms with E-state index in [2.05, 4.69) is 9.72 Å². The predicted molar refractivity (Wildman–Crippen MR) is 56.1 cm³/mol. The number of fused-ring (bicyclic) bond motifs is 1. The van der Waals surface area contributed by atoms with Crippen LogP contribution < -0.4 is 4.74 Å². The van der Waals surface area contributed by atoms with E-state index in [1.54, 1.807) is 6.07 Å². The van der Waals surface area contributed by atoms with Gasteiger partial charge in [-0.3, -0.25) is 4.79 Å². The SMILES string of the molecule is O=C(Cl)C(=O)Oc1nc2ccccc2s1. The lowest BCUT2D eigenvalue weighted by atomic mass is 10.3. The molecule has 0 bridgehead atoms. The van der Waals surface area contributed by atoms with E-state index in [1.807, 2.05) is 18.2 Å². The van der Waals surface area contributed by atoms with Crippen molar-refractivity contribution in [3.8, 4) is 5.19 Å². The van der Waals surface area contributed by atoms with Crippen molar-refractivity contribution in [2.45, 2.75) is 0 Å². The number of benzene rings is 1. The lowest BCUT2D eigenvalue weighted by Gasteiger charge is -1.92. The highest BCUT2D eigenvalue weighted by Crippen LogP contribution is 2.27. The molecule has 0 unspecified atom stereocenters. The molecule has 0 saturated heterocycles. The van der Waals surface area contributed by atoms with Gasteiger partial charge in [0, 0.05) is 0 Å². The van der Waals surface area contributed by atoms with E-state index in [-0.39, 0.29) is 5.19 Å². The molecule has 0 saturated carbocycles. The molecule has 0 spiro atoms. The lowest BCUT2D eigenvalue weighted by Crippen LogP contribution is -2.14. The molecule has 6 heteroatoms. The first-order valence-corrected chi connectivity index (χ1v) is 5.13. The Morgan fingerprint density at radius 2 is 2.07 bits per heavy atom. The van der Waals surface area contributed by atoms with Gasteiger partial charge in [0.15, 0.2) is 0 Å². The highest BCUT2D eigenvalue weighted by atomic mass is 35.5. The van der Waals surface area contributed by atoms with Crippen molar-refractivity contribution in [2.24, 2.45) is 0 Å². The summed E-state index contributed by atoms with van der Waals surface area (Å²) < 4.78 is 5.52. The van der Waals surface area contributed by atoms with Crippen molar-refractivity contribution in [1.82, 2.24) is 4.98 Å². The quantitative estimate of drug-likeness (QED) is 0.458. The van der Waals surface area contributed by atoms with E-state index >= 15 is 0 Å². The summed E-state index contributed by atoms with van der Waals surface area (Å²) in [7, 11) is 0. The van der Waals surface area contributed by atoms with Crippen molar-refractivity contribution >= 4 is 44.4 Å². The summed E-state index contributed by atoms with van der Waals surface area (Å²) in [6.07, 6.45) is 0. The number of nitrogens with zero attached hydrogens (tertiary/aromatic N) is 1. The van der Waals surface area contributed by atoms with E-state index in [9.17, 15) is 9.59 Å². The Morgan fingerprint density at radius 1 is 1.33 bits per heavy atom. The first kappa shape index (κ1) is 10.1. The van der Waals surface area contributed by atoms with Gasteiger partial charge in [-0.05, 0) is 23.7 Å². The number of ether oxygens (including phenoxy) is 1. The normalized spacial score (nSPS) is 10.2. The van der Waals surface area contributed by atoms with E-state index in [0.717, 1.165) is 4.70 Å². The van der Waals surface area contributed by atoms with Crippen molar-refractivity contribution in [2.75, 3.05) is 0 Å². The third-order valence-corrected chi connectivity index (χ3v) is 2.68. The average molecular weight is 242 g/mol. The van der Waals surface area contributed by atoms with Crippen LogP contribution in [0.3, 0.4) is 0 Å². The average Bonchev–Trinajstić information content (AvgIpc) is 2.59. The molecule has 1 aromatic heterocycles. The predicted octanol–water partition coefficient (Wildman–Crippen LogP) is 1.97. The molecule has 76 valence electrons. The molecule has 0 aliphatic rings. The van der Waals surface area contributed by atoms with E-state index < -0.39 is 11.2 Å². The molecule has 2 aromatic rings. The van der Waals surface area contributed by atoms with Gasteiger partial charge in [-0.1, -0.05) is 23.5 Å². The molecular weight excluding hydrogens is 238 g/mol. The first-order chi connectivity index (χ1) is 7.16. The molecule has 4 nitrogen and oxygen atoms in total. The van der Waals surface area contributed by atoms with E-state index in [1.165, 1.54) is 11.3 Å². The van der Waals surface area contributed by atoms with Crippen LogP contribution in [-0.2, 0) is 9.59 Å². The zero-order valence-electron chi connectivity index (χ0n) is 7.27. The Bertz CT molecular complexity index is 504. The van der Waals surface area contributed by atoms with Crippen LogP contribution in [0, 0.1) is 0 Å². The summed E-state index contributed by atoms with van der Waals surface area (Å²) >= 11 is 6.12. The van der Waals surface area contributed by atoms with Crippen LogP contribution in [0.5, 0.6) is 5.19 Å².